The minimum absolute atomic E-state index is 0.0760. The van der Waals surface area contributed by atoms with Gasteiger partial charge in [0.2, 0.25) is 0 Å². The van der Waals surface area contributed by atoms with E-state index in [2.05, 4.69) is 9.97 Å². The largest absolute Gasteiger partial charge is 0.478 e. The highest BCUT2D eigenvalue weighted by Gasteiger charge is 2.12. The van der Waals surface area contributed by atoms with Gasteiger partial charge in [-0.2, -0.15) is 0 Å². The second-order valence-corrected chi connectivity index (χ2v) is 3.89. The van der Waals surface area contributed by atoms with Crippen molar-refractivity contribution in [2.24, 2.45) is 0 Å². The number of aromatic amines is 2. The minimum Gasteiger partial charge on any atom is -0.478 e. The predicted octanol–water partition coefficient (Wildman–Crippen LogP) is 1.08. The van der Waals surface area contributed by atoms with Crippen LogP contribution >= 0.6 is 11.6 Å². The van der Waals surface area contributed by atoms with Crippen LogP contribution in [0.25, 0.3) is 11.1 Å². The number of nitrogens with one attached hydrogen (secondary N) is 2. The number of halogens is 1. The predicted molar refractivity (Wildman–Crippen MR) is 65.1 cm³/mol. The maximum Gasteiger partial charge on any atom is 0.337 e. The van der Waals surface area contributed by atoms with Crippen molar-refractivity contribution in [3.63, 3.8) is 0 Å². The molecule has 92 valence electrons. The van der Waals surface area contributed by atoms with E-state index in [0.29, 0.717) is 5.56 Å². The zero-order chi connectivity index (χ0) is 13.3. The molecule has 0 bridgehead atoms. The van der Waals surface area contributed by atoms with Crippen LogP contribution in [0.5, 0.6) is 0 Å². The first-order chi connectivity index (χ1) is 8.49. The van der Waals surface area contributed by atoms with Crippen LogP contribution in [0.3, 0.4) is 0 Å². The molecule has 0 aliphatic heterocycles. The molecule has 0 fully saturated rings. The molecule has 2 aromatic rings. The Bertz CT molecular complexity index is 732. The number of H-pyrrole nitrogens is 2. The van der Waals surface area contributed by atoms with Crippen molar-refractivity contribution in [3.05, 3.63) is 55.8 Å². The Morgan fingerprint density at radius 1 is 1.28 bits per heavy atom. The molecule has 1 aromatic heterocycles. The van der Waals surface area contributed by atoms with E-state index < -0.39 is 17.2 Å². The van der Waals surface area contributed by atoms with Crippen LogP contribution in [-0.4, -0.2) is 21.0 Å². The maximum atomic E-state index is 11.6. The molecule has 18 heavy (non-hydrogen) atoms. The molecule has 0 amide bonds. The average molecular weight is 267 g/mol. The van der Waals surface area contributed by atoms with Crippen LogP contribution in [0.4, 0.5) is 0 Å². The molecular weight excluding hydrogens is 260 g/mol. The molecule has 1 heterocycles. The number of carboxylic acid groups (broad SMARTS) is 1. The fourth-order valence-electron chi connectivity index (χ4n) is 1.48. The van der Waals surface area contributed by atoms with Crippen molar-refractivity contribution < 1.29 is 9.90 Å². The molecule has 6 nitrogen and oxygen atoms in total. The van der Waals surface area contributed by atoms with Crippen molar-refractivity contribution >= 4 is 17.6 Å². The summed E-state index contributed by atoms with van der Waals surface area (Å²) in [7, 11) is 0. The molecule has 0 aliphatic carbocycles. The highest BCUT2D eigenvalue weighted by atomic mass is 35.5. The average Bonchev–Trinajstić information content (AvgIpc) is 2.30. The molecule has 1 aromatic carbocycles. The summed E-state index contributed by atoms with van der Waals surface area (Å²) in [6.07, 6.45) is 1.22. The van der Waals surface area contributed by atoms with E-state index in [0.717, 1.165) is 0 Å². The van der Waals surface area contributed by atoms with E-state index in [1.165, 1.54) is 24.4 Å². The van der Waals surface area contributed by atoms with Gasteiger partial charge in [0.1, 0.15) is 0 Å². The third-order valence-electron chi connectivity index (χ3n) is 2.33. The Hall–Kier alpha value is -2.34. The maximum absolute atomic E-state index is 11.6. The number of hydrogen-bond acceptors (Lipinski definition) is 3. The number of aromatic nitrogens is 2. The summed E-state index contributed by atoms with van der Waals surface area (Å²) in [4.78, 5) is 37.7. The van der Waals surface area contributed by atoms with Gasteiger partial charge >= 0.3 is 11.7 Å². The first-order valence-corrected chi connectivity index (χ1v) is 5.22. The lowest BCUT2D eigenvalue weighted by molar-refractivity contribution is 0.0697. The summed E-state index contributed by atoms with van der Waals surface area (Å²) in [5, 5.41) is 9.00. The van der Waals surface area contributed by atoms with Crippen molar-refractivity contribution in [2.45, 2.75) is 0 Å². The second kappa shape index (κ2) is 4.50. The van der Waals surface area contributed by atoms with Crippen molar-refractivity contribution in [2.75, 3.05) is 0 Å². The number of carboxylic acids is 1. The number of aromatic carboxylic acids is 1. The first-order valence-electron chi connectivity index (χ1n) is 4.84. The third kappa shape index (κ3) is 2.18. The van der Waals surface area contributed by atoms with Gasteiger partial charge in [-0.25, -0.2) is 9.59 Å². The molecule has 0 aliphatic rings. The fraction of sp³-hybridized carbons (Fsp3) is 0. The monoisotopic (exact) mass is 266 g/mol. The standard InChI is InChI=1S/C11H7ClN2O4/c12-8-2-1-5(3-6(8)10(16)17)7-4-13-11(18)14-9(7)15/h1-4H,(H,16,17)(H2,13,14,15,18). The molecule has 0 saturated heterocycles. The normalized spacial score (nSPS) is 10.3. The Balaban J connectivity index is 2.65. The number of carbonyl (C=O) groups is 1. The van der Waals surface area contributed by atoms with Crippen LogP contribution < -0.4 is 11.2 Å². The molecule has 0 atom stereocenters. The fourth-order valence-corrected chi connectivity index (χ4v) is 1.68. The molecule has 0 radical (unpaired) electrons. The molecule has 2 rings (SSSR count). The van der Waals surface area contributed by atoms with Crippen LogP contribution in [0.15, 0.2) is 34.0 Å². The molecule has 0 spiro atoms. The van der Waals surface area contributed by atoms with E-state index in [1.807, 2.05) is 0 Å². The van der Waals surface area contributed by atoms with Gasteiger partial charge in [-0.05, 0) is 17.7 Å². The summed E-state index contributed by atoms with van der Waals surface area (Å²) in [5.74, 6) is -1.19. The molecular formula is C11H7ClN2O4. The van der Waals surface area contributed by atoms with Gasteiger partial charge in [-0.1, -0.05) is 17.7 Å². The highest BCUT2D eigenvalue weighted by molar-refractivity contribution is 6.33. The van der Waals surface area contributed by atoms with E-state index >= 15 is 0 Å². The number of benzene rings is 1. The lowest BCUT2D eigenvalue weighted by Crippen LogP contribution is -2.22. The van der Waals surface area contributed by atoms with Crippen molar-refractivity contribution in [1.29, 1.82) is 0 Å². The molecule has 7 heteroatoms. The zero-order valence-corrected chi connectivity index (χ0v) is 9.62. The number of hydrogen-bond donors (Lipinski definition) is 3. The van der Waals surface area contributed by atoms with Gasteiger partial charge in [-0.3, -0.25) is 9.78 Å². The van der Waals surface area contributed by atoms with Crippen molar-refractivity contribution in [1.82, 2.24) is 9.97 Å². The summed E-state index contributed by atoms with van der Waals surface area (Å²) in [6.45, 7) is 0. The molecule has 3 N–H and O–H groups in total. The van der Waals surface area contributed by atoms with E-state index in [4.69, 9.17) is 16.7 Å². The lowest BCUT2D eigenvalue weighted by Gasteiger charge is -2.03. The van der Waals surface area contributed by atoms with E-state index in [9.17, 15) is 14.4 Å². The topological polar surface area (TPSA) is 103 Å². The first kappa shape index (κ1) is 12.1. The van der Waals surface area contributed by atoms with E-state index in [1.54, 1.807) is 0 Å². The lowest BCUT2D eigenvalue weighted by atomic mass is 10.1. The van der Waals surface area contributed by atoms with Gasteiger partial charge in [0.15, 0.2) is 0 Å². The Morgan fingerprint density at radius 2 is 2.00 bits per heavy atom. The van der Waals surface area contributed by atoms with Crippen LogP contribution in [0.1, 0.15) is 10.4 Å². The quantitative estimate of drug-likeness (QED) is 0.757. The SMILES string of the molecule is O=C(O)c1cc(-c2c[nH]c(=O)[nH]c2=O)ccc1Cl. The van der Waals surface area contributed by atoms with Gasteiger partial charge in [0.25, 0.3) is 5.56 Å². The van der Waals surface area contributed by atoms with E-state index in [-0.39, 0.29) is 16.1 Å². The molecule has 0 unspecified atom stereocenters. The smallest absolute Gasteiger partial charge is 0.337 e. The minimum atomic E-state index is -1.19. The van der Waals surface area contributed by atoms with Gasteiger partial charge in [0.05, 0.1) is 16.1 Å². The second-order valence-electron chi connectivity index (χ2n) is 3.49. The Morgan fingerprint density at radius 3 is 2.61 bits per heavy atom. The van der Waals surface area contributed by atoms with Gasteiger partial charge < -0.3 is 10.1 Å². The molecule has 0 saturated carbocycles. The van der Waals surface area contributed by atoms with Crippen LogP contribution in [0.2, 0.25) is 5.02 Å². The van der Waals surface area contributed by atoms with Gasteiger partial charge in [0, 0.05) is 6.20 Å². The third-order valence-corrected chi connectivity index (χ3v) is 2.66. The summed E-state index contributed by atoms with van der Waals surface area (Å²) in [6, 6.07) is 4.15. The Labute approximate surface area is 105 Å². The zero-order valence-electron chi connectivity index (χ0n) is 8.86. The summed E-state index contributed by atoms with van der Waals surface area (Å²) in [5.41, 5.74) is -0.823. The van der Waals surface area contributed by atoms with Crippen LogP contribution in [0, 0.1) is 0 Å². The summed E-state index contributed by atoms with van der Waals surface area (Å²) >= 11 is 5.72. The number of rotatable bonds is 2. The van der Waals surface area contributed by atoms with Crippen LogP contribution in [-0.2, 0) is 0 Å². The highest BCUT2D eigenvalue weighted by Crippen LogP contribution is 2.22. The summed E-state index contributed by atoms with van der Waals surface area (Å²) < 4.78 is 0. The van der Waals surface area contributed by atoms with Gasteiger partial charge in [-0.15, -0.1) is 0 Å². The van der Waals surface area contributed by atoms with Crippen molar-refractivity contribution in [3.8, 4) is 11.1 Å². The Kier molecular flexibility index (Phi) is 3.03.